The summed E-state index contributed by atoms with van der Waals surface area (Å²) in [5, 5.41) is 5.10. The molecule has 1 aliphatic rings. The summed E-state index contributed by atoms with van der Waals surface area (Å²) in [6.45, 7) is 8.80. The van der Waals surface area contributed by atoms with E-state index < -0.39 is 0 Å². The van der Waals surface area contributed by atoms with Crippen molar-refractivity contribution < 1.29 is 4.79 Å². The van der Waals surface area contributed by atoms with Crippen LogP contribution < -0.4 is 5.32 Å². The average molecular weight is 348 g/mol. The lowest BCUT2D eigenvalue weighted by Crippen LogP contribution is -2.39. The molecule has 0 aliphatic carbocycles. The third-order valence-corrected chi connectivity index (χ3v) is 5.31. The van der Waals surface area contributed by atoms with Crippen molar-refractivity contribution in [3.05, 3.63) is 34.5 Å². The van der Waals surface area contributed by atoms with Crippen molar-refractivity contribution in [2.24, 2.45) is 5.92 Å². The van der Waals surface area contributed by atoms with Crippen LogP contribution in [0.25, 0.3) is 10.9 Å². The first-order chi connectivity index (χ1) is 11.5. The standard InChI is InChI=1S/C19H26ClN3O/c1-4-5-14-9-23(11-19(14)21-13(3)24)10-18-12(2)16-8-15(20)6-7-17(16)22-18/h6-8,14,19,22H,4-5,9-11H2,1-3H3,(H,21,24)/t14-,19-/m1/s1. The fraction of sp³-hybridized carbons (Fsp3) is 0.526. The molecule has 0 saturated carbocycles. The molecular weight excluding hydrogens is 322 g/mol. The van der Waals surface area contributed by atoms with Gasteiger partial charge in [0.15, 0.2) is 0 Å². The minimum absolute atomic E-state index is 0.0689. The summed E-state index contributed by atoms with van der Waals surface area (Å²) < 4.78 is 0. The maximum absolute atomic E-state index is 11.5. The Bertz CT molecular complexity index is 740. The quantitative estimate of drug-likeness (QED) is 0.862. The first-order valence-corrected chi connectivity index (χ1v) is 9.12. The highest BCUT2D eigenvalue weighted by Crippen LogP contribution is 2.28. The number of rotatable bonds is 5. The molecule has 2 heterocycles. The Balaban J connectivity index is 1.76. The summed E-state index contributed by atoms with van der Waals surface area (Å²) in [6, 6.07) is 6.25. The van der Waals surface area contributed by atoms with E-state index in [0.29, 0.717) is 5.92 Å². The fourth-order valence-corrected chi connectivity index (χ4v) is 4.09. The summed E-state index contributed by atoms with van der Waals surface area (Å²) >= 11 is 6.13. The van der Waals surface area contributed by atoms with Gasteiger partial charge in [-0.1, -0.05) is 24.9 Å². The summed E-state index contributed by atoms with van der Waals surface area (Å²) in [4.78, 5) is 17.4. The minimum atomic E-state index is 0.0689. The molecule has 5 heteroatoms. The molecule has 2 atom stereocenters. The SMILES string of the molecule is CCC[C@@H]1CN(Cc2[nH]c3ccc(Cl)cc3c2C)C[C@H]1NC(C)=O. The molecule has 1 aromatic carbocycles. The Morgan fingerprint density at radius 3 is 2.92 bits per heavy atom. The lowest BCUT2D eigenvalue weighted by molar-refractivity contribution is -0.119. The molecule has 1 saturated heterocycles. The predicted octanol–water partition coefficient (Wildman–Crippen LogP) is 3.87. The third kappa shape index (κ3) is 3.60. The molecule has 1 amide bonds. The van der Waals surface area contributed by atoms with E-state index in [1.165, 1.54) is 16.6 Å². The fourth-order valence-electron chi connectivity index (χ4n) is 3.91. The number of carbonyl (C=O) groups is 1. The number of halogens is 1. The van der Waals surface area contributed by atoms with Crippen molar-refractivity contribution in [2.75, 3.05) is 13.1 Å². The first kappa shape index (κ1) is 17.3. The highest BCUT2D eigenvalue weighted by molar-refractivity contribution is 6.31. The van der Waals surface area contributed by atoms with Gasteiger partial charge in [0.25, 0.3) is 0 Å². The van der Waals surface area contributed by atoms with Crippen LogP contribution in [0.4, 0.5) is 0 Å². The van der Waals surface area contributed by atoms with Gasteiger partial charge < -0.3 is 10.3 Å². The van der Waals surface area contributed by atoms with Crippen LogP contribution in [0.1, 0.15) is 37.9 Å². The van der Waals surface area contributed by atoms with Crippen LogP contribution in [0.2, 0.25) is 5.02 Å². The zero-order chi connectivity index (χ0) is 17.3. The molecule has 0 spiro atoms. The van der Waals surface area contributed by atoms with Gasteiger partial charge >= 0.3 is 0 Å². The Kier molecular flexibility index (Phi) is 5.16. The summed E-state index contributed by atoms with van der Waals surface area (Å²) in [7, 11) is 0. The monoisotopic (exact) mass is 347 g/mol. The van der Waals surface area contributed by atoms with E-state index in [-0.39, 0.29) is 11.9 Å². The normalized spacial score (nSPS) is 21.5. The summed E-state index contributed by atoms with van der Waals surface area (Å²) in [5.74, 6) is 0.609. The largest absolute Gasteiger partial charge is 0.357 e. The average Bonchev–Trinajstić information content (AvgIpc) is 3.02. The minimum Gasteiger partial charge on any atom is -0.357 e. The Hall–Kier alpha value is -1.52. The van der Waals surface area contributed by atoms with Gasteiger partial charge in [0.05, 0.1) is 0 Å². The maximum Gasteiger partial charge on any atom is 0.217 e. The number of fused-ring (bicyclic) bond motifs is 1. The van der Waals surface area contributed by atoms with E-state index in [1.807, 2.05) is 18.2 Å². The zero-order valence-corrected chi connectivity index (χ0v) is 15.4. The highest BCUT2D eigenvalue weighted by Gasteiger charge is 2.32. The van der Waals surface area contributed by atoms with Gasteiger partial charge in [-0.15, -0.1) is 0 Å². The zero-order valence-electron chi connectivity index (χ0n) is 14.7. The summed E-state index contributed by atoms with van der Waals surface area (Å²) in [6.07, 6.45) is 2.31. The molecule has 0 radical (unpaired) electrons. The molecule has 3 rings (SSSR count). The maximum atomic E-state index is 11.5. The lowest BCUT2D eigenvalue weighted by atomic mass is 9.98. The van der Waals surface area contributed by atoms with E-state index in [9.17, 15) is 4.79 Å². The van der Waals surface area contributed by atoms with Crippen LogP contribution in [-0.4, -0.2) is 34.9 Å². The van der Waals surface area contributed by atoms with Crippen LogP contribution in [0.3, 0.4) is 0 Å². The van der Waals surface area contributed by atoms with E-state index in [1.54, 1.807) is 6.92 Å². The van der Waals surface area contributed by atoms with Gasteiger partial charge in [-0.2, -0.15) is 0 Å². The third-order valence-electron chi connectivity index (χ3n) is 5.07. The number of aromatic amines is 1. The molecule has 0 unspecified atom stereocenters. The van der Waals surface area contributed by atoms with E-state index in [2.05, 4.69) is 29.0 Å². The number of hydrogen-bond acceptors (Lipinski definition) is 2. The molecule has 1 aliphatic heterocycles. The number of nitrogens with one attached hydrogen (secondary N) is 2. The Morgan fingerprint density at radius 1 is 1.42 bits per heavy atom. The second kappa shape index (κ2) is 7.16. The van der Waals surface area contributed by atoms with Crippen molar-refractivity contribution in [1.82, 2.24) is 15.2 Å². The molecule has 0 bridgehead atoms. The molecular formula is C19H26ClN3O. The van der Waals surface area contributed by atoms with Crippen molar-refractivity contribution in [2.45, 2.75) is 46.2 Å². The molecule has 1 fully saturated rings. The second-order valence-electron chi connectivity index (χ2n) is 6.97. The number of aromatic nitrogens is 1. The van der Waals surface area contributed by atoms with Gasteiger partial charge in [0.2, 0.25) is 5.91 Å². The van der Waals surface area contributed by atoms with Crippen molar-refractivity contribution >= 4 is 28.4 Å². The number of likely N-dealkylation sites (tertiary alicyclic amines) is 1. The number of benzene rings is 1. The van der Waals surface area contributed by atoms with Crippen molar-refractivity contribution in [3.8, 4) is 0 Å². The van der Waals surface area contributed by atoms with Crippen LogP contribution >= 0.6 is 11.6 Å². The van der Waals surface area contributed by atoms with Gasteiger partial charge in [-0.3, -0.25) is 9.69 Å². The molecule has 1 aromatic heterocycles. The number of nitrogens with zero attached hydrogens (tertiary/aromatic N) is 1. The molecule has 4 nitrogen and oxygen atoms in total. The Morgan fingerprint density at radius 2 is 2.21 bits per heavy atom. The van der Waals surface area contributed by atoms with Crippen LogP contribution in [0.5, 0.6) is 0 Å². The van der Waals surface area contributed by atoms with Crippen LogP contribution in [0, 0.1) is 12.8 Å². The van der Waals surface area contributed by atoms with Crippen LogP contribution in [0.15, 0.2) is 18.2 Å². The second-order valence-corrected chi connectivity index (χ2v) is 7.40. The molecule has 2 N–H and O–H groups in total. The van der Waals surface area contributed by atoms with Gasteiger partial charge in [-0.25, -0.2) is 0 Å². The number of aryl methyl sites for hydroxylation is 1. The number of carbonyl (C=O) groups excluding carboxylic acids is 1. The van der Waals surface area contributed by atoms with Gasteiger partial charge in [0, 0.05) is 54.2 Å². The van der Waals surface area contributed by atoms with E-state index in [4.69, 9.17) is 11.6 Å². The highest BCUT2D eigenvalue weighted by atomic mass is 35.5. The van der Waals surface area contributed by atoms with E-state index >= 15 is 0 Å². The van der Waals surface area contributed by atoms with Gasteiger partial charge in [-0.05, 0) is 43.0 Å². The molecule has 2 aromatic rings. The molecule has 130 valence electrons. The number of hydrogen-bond donors (Lipinski definition) is 2. The smallest absolute Gasteiger partial charge is 0.217 e. The predicted molar refractivity (Wildman–Crippen MR) is 99.3 cm³/mol. The topological polar surface area (TPSA) is 48.1 Å². The Labute approximate surface area is 148 Å². The summed E-state index contributed by atoms with van der Waals surface area (Å²) in [5.41, 5.74) is 3.64. The lowest BCUT2D eigenvalue weighted by Gasteiger charge is -2.18. The van der Waals surface area contributed by atoms with Crippen molar-refractivity contribution in [3.63, 3.8) is 0 Å². The van der Waals surface area contributed by atoms with E-state index in [0.717, 1.165) is 43.0 Å². The first-order valence-electron chi connectivity index (χ1n) is 8.74. The van der Waals surface area contributed by atoms with Crippen LogP contribution in [-0.2, 0) is 11.3 Å². The number of H-pyrrole nitrogens is 1. The van der Waals surface area contributed by atoms with Gasteiger partial charge in [0.1, 0.15) is 0 Å². The molecule has 24 heavy (non-hydrogen) atoms. The van der Waals surface area contributed by atoms with Crippen molar-refractivity contribution in [1.29, 1.82) is 0 Å². The number of amides is 1.